The van der Waals surface area contributed by atoms with Gasteiger partial charge in [0.1, 0.15) is 5.60 Å². The topological polar surface area (TPSA) is 48.7 Å². The first-order valence-electron chi connectivity index (χ1n) is 5.63. The van der Waals surface area contributed by atoms with Gasteiger partial charge in [-0.15, -0.1) is 0 Å². The zero-order valence-corrected chi connectivity index (χ0v) is 10.2. The van der Waals surface area contributed by atoms with E-state index in [1.807, 2.05) is 43.6 Å². The highest BCUT2D eigenvalue weighted by atomic mass is 16.8. The fourth-order valence-corrected chi connectivity index (χ4v) is 2.12. The van der Waals surface area contributed by atoms with E-state index in [0.29, 0.717) is 12.4 Å². The van der Waals surface area contributed by atoms with Crippen LogP contribution < -0.4 is 0 Å². The van der Waals surface area contributed by atoms with Crippen molar-refractivity contribution in [2.24, 2.45) is 0 Å². The molecule has 0 saturated carbocycles. The second kappa shape index (κ2) is 3.27. The van der Waals surface area contributed by atoms with Crippen LogP contribution in [-0.4, -0.2) is 26.8 Å². The monoisotopic (exact) mass is 233 g/mol. The summed E-state index contributed by atoms with van der Waals surface area (Å²) in [5.74, 6) is 0.120. The number of nitrogens with zero attached hydrogens (tertiary/aromatic N) is 3. The molecule has 0 aliphatic carbocycles. The lowest BCUT2D eigenvalue weighted by molar-refractivity contribution is -0.160. The molecule has 5 nitrogen and oxygen atoms in total. The first kappa shape index (κ1) is 10.7. The number of imidazole rings is 1. The largest absolute Gasteiger partial charge is 0.347 e. The maximum absolute atomic E-state index is 5.93. The van der Waals surface area contributed by atoms with E-state index in [-0.39, 0.29) is 0 Å². The van der Waals surface area contributed by atoms with Gasteiger partial charge >= 0.3 is 0 Å². The maximum Gasteiger partial charge on any atom is 0.234 e. The van der Waals surface area contributed by atoms with Gasteiger partial charge in [-0.2, -0.15) is 0 Å². The van der Waals surface area contributed by atoms with Crippen molar-refractivity contribution >= 4 is 5.78 Å². The van der Waals surface area contributed by atoms with Crippen molar-refractivity contribution in [3.8, 4) is 0 Å². The molecule has 90 valence electrons. The Balaban J connectivity index is 2.04. The van der Waals surface area contributed by atoms with Crippen LogP contribution in [0.4, 0.5) is 0 Å². The van der Waals surface area contributed by atoms with Gasteiger partial charge in [0, 0.05) is 18.6 Å². The van der Waals surface area contributed by atoms with Crippen LogP contribution in [0.25, 0.3) is 5.78 Å². The average molecular weight is 233 g/mol. The molecule has 0 bridgehead atoms. The summed E-state index contributed by atoms with van der Waals surface area (Å²) < 4.78 is 13.4. The van der Waals surface area contributed by atoms with Crippen LogP contribution in [0.1, 0.15) is 26.5 Å². The molecule has 1 saturated heterocycles. The van der Waals surface area contributed by atoms with E-state index in [2.05, 4.69) is 9.97 Å². The molecule has 5 heteroatoms. The summed E-state index contributed by atoms with van der Waals surface area (Å²) in [7, 11) is 0. The quantitative estimate of drug-likeness (QED) is 0.752. The van der Waals surface area contributed by atoms with E-state index in [0.717, 1.165) is 5.69 Å². The van der Waals surface area contributed by atoms with Crippen molar-refractivity contribution in [2.75, 3.05) is 6.61 Å². The Morgan fingerprint density at radius 2 is 2.18 bits per heavy atom. The molecule has 0 amide bonds. The van der Waals surface area contributed by atoms with Crippen LogP contribution in [0.2, 0.25) is 0 Å². The highest BCUT2D eigenvalue weighted by Gasteiger charge is 2.44. The zero-order valence-electron chi connectivity index (χ0n) is 10.2. The molecule has 0 aromatic carbocycles. The first-order valence-corrected chi connectivity index (χ1v) is 5.63. The number of hydrogen-bond donors (Lipinski definition) is 0. The van der Waals surface area contributed by atoms with Crippen molar-refractivity contribution in [3.05, 3.63) is 30.4 Å². The Hall–Kier alpha value is -1.46. The van der Waals surface area contributed by atoms with Gasteiger partial charge < -0.3 is 9.47 Å². The van der Waals surface area contributed by atoms with Crippen molar-refractivity contribution in [1.82, 2.24) is 14.4 Å². The standard InChI is InChI=1S/C12H15N3O2/c1-11(2)16-8-12(3,17-11)9-7-15-6-4-5-13-10(15)14-9/h4-7H,8H2,1-3H3. The van der Waals surface area contributed by atoms with E-state index >= 15 is 0 Å². The lowest BCUT2D eigenvalue weighted by Crippen LogP contribution is -2.28. The molecule has 17 heavy (non-hydrogen) atoms. The van der Waals surface area contributed by atoms with Gasteiger partial charge in [-0.3, -0.25) is 4.40 Å². The minimum atomic E-state index is -0.558. The fraction of sp³-hybridized carbons (Fsp3) is 0.500. The normalized spacial score (nSPS) is 27.7. The van der Waals surface area contributed by atoms with Gasteiger partial charge in [-0.05, 0) is 26.8 Å². The minimum Gasteiger partial charge on any atom is -0.347 e. The summed E-state index contributed by atoms with van der Waals surface area (Å²) in [6.45, 7) is 6.31. The van der Waals surface area contributed by atoms with Crippen molar-refractivity contribution < 1.29 is 9.47 Å². The van der Waals surface area contributed by atoms with Crippen molar-refractivity contribution in [1.29, 1.82) is 0 Å². The molecular weight excluding hydrogens is 218 g/mol. The molecule has 2 aromatic rings. The predicted molar refractivity (Wildman–Crippen MR) is 61.5 cm³/mol. The SMILES string of the molecule is CC1(C)OCC(C)(c2cn3cccnc3n2)O1. The number of aromatic nitrogens is 3. The van der Waals surface area contributed by atoms with Gasteiger partial charge in [-0.1, -0.05) is 0 Å². The molecule has 1 unspecified atom stereocenters. The molecular formula is C12H15N3O2. The molecule has 3 heterocycles. The highest BCUT2D eigenvalue weighted by Crippen LogP contribution is 2.37. The van der Waals surface area contributed by atoms with Crippen LogP contribution in [-0.2, 0) is 15.1 Å². The van der Waals surface area contributed by atoms with Crippen LogP contribution in [0, 0.1) is 0 Å². The maximum atomic E-state index is 5.93. The second-order valence-corrected chi connectivity index (χ2v) is 4.97. The van der Waals surface area contributed by atoms with Gasteiger partial charge in [0.2, 0.25) is 5.78 Å². The molecule has 3 rings (SSSR count). The molecule has 0 N–H and O–H groups in total. The third-order valence-electron chi connectivity index (χ3n) is 2.94. The summed E-state index contributed by atoms with van der Waals surface area (Å²) in [4.78, 5) is 8.68. The van der Waals surface area contributed by atoms with E-state index in [9.17, 15) is 0 Å². The Bertz CT molecular complexity index is 531. The molecule has 0 spiro atoms. The summed E-state index contributed by atoms with van der Waals surface area (Å²) in [5.41, 5.74) is 0.346. The smallest absolute Gasteiger partial charge is 0.234 e. The van der Waals surface area contributed by atoms with E-state index in [1.165, 1.54) is 0 Å². The Morgan fingerprint density at radius 3 is 2.82 bits per heavy atom. The lowest BCUT2D eigenvalue weighted by atomic mass is 10.1. The molecule has 2 aromatic heterocycles. The fourth-order valence-electron chi connectivity index (χ4n) is 2.12. The van der Waals surface area contributed by atoms with E-state index in [4.69, 9.17) is 9.47 Å². The molecule has 1 fully saturated rings. The average Bonchev–Trinajstić information content (AvgIpc) is 2.80. The third kappa shape index (κ3) is 1.71. The summed E-state index contributed by atoms with van der Waals surface area (Å²) in [6, 6.07) is 1.87. The lowest BCUT2D eigenvalue weighted by Gasteiger charge is -2.23. The third-order valence-corrected chi connectivity index (χ3v) is 2.94. The number of hydrogen-bond acceptors (Lipinski definition) is 4. The van der Waals surface area contributed by atoms with Crippen LogP contribution >= 0.6 is 0 Å². The molecule has 1 aliphatic rings. The van der Waals surface area contributed by atoms with Gasteiger partial charge in [0.05, 0.1) is 12.3 Å². The Morgan fingerprint density at radius 1 is 1.35 bits per heavy atom. The van der Waals surface area contributed by atoms with Gasteiger partial charge in [0.25, 0.3) is 0 Å². The summed E-state index contributed by atoms with van der Waals surface area (Å²) in [6.07, 6.45) is 5.58. The van der Waals surface area contributed by atoms with E-state index in [1.54, 1.807) is 6.20 Å². The molecule has 1 atom stereocenters. The predicted octanol–water partition coefficient (Wildman–Crippen LogP) is 1.73. The molecule has 1 aliphatic heterocycles. The Labute approximate surface area is 99.4 Å². The number of rotatable bonds is 1. The zero-order chi connectivity index (χ0) is 12.1. The minimum absolute atomic E-state index is 0.503. The summed E-state index contributed by atoms with van der Waals surface area (Å²) >= 11 is 0. The number of ether oxygens (including phenoxy) is 2. The first-order chi connectivity index (χ1) is 7.99. The molecule has 0 radical (unpaired) electrons. The van der Waals surface area contributed by atoms with Gasteiger partial charge in [0.15, 0.2) is 5.79 Å². The van der Waals surface area contributed by atoms with Gasteiger partial charge in [-0.25, -0.2) is 9.97 Å². The van der Waals surface area contributed by atoms with E-state index < -0.39 is 11.4 Å². The van der Waals surface area contributed by atoms with Crippen molar-refractivity contribution in [2.45, 2.75) is 32.2 Å². The number of fused-ring (bicyclic) bond motifs is 1. The van der Waals surface area contributed by atoms with Crippen molar-refractivity contribution in [3.63, 3.8) is 0 Å². The summed E-state index contributed by atoms with van der Waals surface area (Å²) in [5, 5.41) is 0. The van der Waals surface area contributed by atoms with Crippen LogP contribution in [0.5, 0.6) is 0 Å². The van der Waals surface area contributed by atoms with Crippen LogP contribution in [0.15, 0.2) is 24.7 Å². The van der Waals surface area contributed by atoms with Crippen LogP contribution in [0.3, 0.4) is 0 Å². The second-order valence-electron chi connectivity index (χ2n) is 4.97. The highest BCUT2D eigenvalue weighted by molar-refractivity contribution is 5.32. The Kier molecular flexibility index (Phi) is 2.06.